The molecule has 0 saturated carbocycles. The molecule has 2 unspecified atom stereocenters. The van der Waals surface area contributed by atoms with E-state index < -0.39 is 97.5 Å². The maximum absolute atomic E-state index is 13.1. The van der Waals surface area contributed by atoms with Crippen LogP contribution in [-0.2, 0) is 65.4 Å². The van der Waals surface area contributed by atoms with Crippen molar-refractivity contribution in [3.05, 3.63) is 0 Å². The van der Waals surface area contributed by atoms with Crippen molar-refractivity contribution in [2.75, 3.05) is 39.6 Å². The van der Waals surface area contributed by atoms with E-state index in [-0.39, 0.29) is 25.7 Å². The Balaban J connectivity index is 5.17. The maximum Gasteiger partial charge on any atom is 0.472 e. The molecule has 0 aromatic carbocycles. The van der Waals surface area contributed by atoms with Gasteiger partial charge in [0.2, 0.25) is 0 Å². The molecular formula is C77H150O17P2. The molecule has 0 bridgehead atoms. The van der Waals surface area contributed by atoms with Crippen LogP contribution in [0.2, 0.25) is 0 Å². The summed E-state index contributed by atoms with van der Waals surface area (Å²) in [5.74, 6) is -1.37. The summed E-state index contributed by atoms with van der Waals surface area (Å²) in [6.07, 6.45) is 59.7. The summed E-state index contributed by atoms with van der Waals surface area (Å²) in [5.41, 5.74) is 0. The molecule has 0 aliphatic rings. The number of phosphoric ester groups is 2. The number of unbranched alkanes of at least 4 members (excludes halogenated alkanes) is 49. The quantitative estimate of drug-likeness (QED) is 0.0222. The number of aliphatic hydroxyl groups is 1. The van der Waals surface area contributed by atoms with Crippen molar-refractivity contribution >= 4 is 39.5 Å². The molecule has 570 valence electrons. The zero-order valence-corrected chi connectivity index (χ0v) is 64.3. The zero-order chi connectivity index (χ0) is 70.5. The average Bonchev–Trinajstić information content (AvgIpc) is 1.95. The molecule has 96 heavy (non-hydrogen) atoms. The van der Waals surface area contributed by atoms with Crippen LogP contribution >= 0.6 is 15.6 Å². The van der Waals surface area contributed by atoms with Crippen molar-refractivity contribution in [3.63, 3.8) is 0 Å². The minimum atomic E-state index is -4.96. The summed E-state index contributed by atoms with van der Waals surface area (Å²) >= 11 is 0. The highest BCUT2D eigenvalue weighted by atomic mass is 31.2. The lowest BCUT2D eigenvalue weighted by molar-refractivity contribution is -0.161. The van der Waals surface area contributed by atoms with Crippen molar-refractivity contribution in [1.82, 2.24) is 0 Å². The van der Waals surface area contributed by atoms with E-state index in [1.54, 1.807) is 0 Å². The van der Waals surface area contributed by atoms with E-state index in [9.17, 15) is 43.2 Å². The molecule has 19 heteroatoms. The second-order valence-corrected chi connectivity index (χ2v) is 31.1. The largest absolute Gasteiger partial charge is 0.472 e. The number of carbonyl (C=O) groups is 4. The topological polar surface area (TPSA) is 237 Å². The van der Waals surface area contributed by atoms with E-state index in [1.165, 1.54) is 231 Å². The molecule has 17 nitrogen and oxygen atoms in total. The second-order valence-electron chi connectivity index (χ2n) is 28.2. The third kappa shape index (κ3) is 70.5. The van der Waals surface area contributed by atoms with Crippen molar-refractivity contribution < 1.29 is 80.2 Å². The number of hydrogen-bond donors (Lipinski definition) is 3. The first-order chi connectivity index (χ1) is 46.5. The van der Waals surface area contributed by atoms with E-state index in [0.29, 0.717) is 25.7 Å². The number of phosphoric acid groups is 2. The van der Waals surface area contributed by atoms with Gasteiger partial charge in [-0.3, -0.25) is 37.3 Å². The maximum atomic E-state index is 13.1. The number of aliphatic hydroxyl groups excluding tert-OH is 1. The average molecular weight is 1410 g/mol. The van der Waals surface area contributed by atoms with Crippen LogP contribution < -0.4 is 0 Å². The molecule has 0 heterocycles. The molecule has 0 radical (unpaired) electrons. The van der Waals surface area contributed by atoms with Gasteiger partial charge < -0.3 is 33.8 Å². The van der Waals surface area contributed by atoms with Crippen molar-refractivity contribution in [1.29, 1.82) is 0 Å². The van der Waals surface area contributed by atoms with Crippen molar-refractivity contribution in [2.45, 2.75) is 425 Å². The van der Waals surface area contributed by atoms with E-state index >= 15 is 0 Å². The Bertz CT molecular complexity index is 1840. The molecule has 0 aliphatic heterocycles. The number of hydrogen-bond acceptors (Lipinski definition) is 15. The summed E-state index contributed by atoms with van der Waals surface area (Å²) in [6, 6.07) is 0. The van der Waals surface area contributed by atoms with Crippen molar-refractivity contribution in [2.24, 2.45) is 5.92 Å². The van der Waals surface area contributed by atoms with Gasteiger partial charge in [0.15, 0.2) is 12.2 Å². The Labute approximate surface area is 588 Å². The van der Waals surface area contributed by atoms with Crippen LogP contribution in [0.4, 0.5) is 0 Å². The monoisotopic (exact) mass is 1410 g/mol. The van der Waals surface area contributed by atoms with E-state index in [4.69, 9.17) is 37.0 Å². The van der Waals surface area contributed by atoms with E-state index in [2.05, 4.69) is 34.6 Å². The van der Waals surface area contributed by atoms with Gasteiger partial charge >= 0.3 is 39.5 Å². The van der Waals surface area contributed by atoms with Crippen LogP contribution in [-0.4, -0.2) is 96.7 Å². The number of rotatable bonds is 77. The fraction of sp³-hybridized carbons (Fsp3) is 0.948. The minimum absolute atomic E-state index is 0.108. The Kier molecular flexibility index (Phi) is 68.7. The number of carbonyl (C=O) groups excluding carboxylic acids is 4. The lowest BCUT2D eigenvalue weighted by Crippen LogP contribution is -2.30. The first kappa shape index (κ1) is 94.1. The summed E-state index contributed by atoms with van der Waals surface area (Å²) in [6.45, 7) is 7.27. The predicted molar refractivity (Wildman–Crippen MR) is 391 cm³/mol. The van der Waals surface area contributed by atoms with Crippen LogP contribution in [0.3, 0.4) is 0 Å². The summed E-state index contributed by atoms with van der Waals surface area (Å²) in [7, 11) is -9.91. The molecule has 3 N–H and O–H groups in total. The van der Waals surface area contributed by atoms with Crippen LogP contribution in [0.5, 0.6) is 0 Å². The summed E-state index contributed by atoms with van der Waals surface area (Å²) in [5, 5.41) is 10.6. The molecule has 0 amide bonds. The minimum Gasteiger partial charge on any atom is -0.462 e. The molecule has 0 aromatic rings. The Morgan fingerprint density at radius 3 is 0.708 bits per heavy atom. The van der Waals surface area contributed by atoms with Crippen molar-refractivity contribution in [3.8, 4) is 0 Å². The molecule has 0 saturated heterocycles. The molecule has 0 fully saturated rings. The van der Waals surface area contributed by atoms with Gasteiger partial charge in [-0.2, -0.15) is 0 Å². The van der Waals surface area contributed by atoms with Gasteiger partial charge in [0, 0.05) is 25.7 Å². The number of esters is 4. The Morgan fingerprint density at radius 1 is 0.281 bits per heavy atom. The standard InChI is InChI=1S/C77H150O17P2/c1-6-9-12-15-18-21-24-26-27-28-29-30-31-32-33-34-35-37-42-48-53-58-63-77(82)94-73(67-88-75(80)61-56-51-46-43-38-39-44-49-54-59-70(4)5)69-92-96(85,86)90-65-71(78)64-89-95(83,84)91-68-72(66-87-74(79)60-55-50-45-40-23-20-17-14-11-8-3)93-76(81)62-57-52-47-41-36-25-22-19-16-13-10-7-2/h70-73,78H,6-69H2,1-5H3,(H,83,84)(H,85,86)/t71-,72+,73+/m0/s1. The summed E-state index contributed by atoms with van der Waals surface area (Å²) in [4.78, 5) is 72.8. The fourth-order valence-electron chi connectivity index (χ4n) is 11.9. The van der Waals surface area contributed by atoms with Gasteiger partial charge in [-0.1, -0.05) is 356 Å². The lowest BCUT2D eigenvalue weighted by atomic mass is 10.0. The third-order valence-electron chi connectivity index (χ3n) is 18.0. The van der Waals surface area contributed by atoms with Gasteiger partial charge in [-0.25, -0.2) is 9.13 Å². The van der Waals surface area contributed by atoms with Gasteiger partial charge in [0.05, 0.1) is 26.4 Å². The second kappa shape index (κ2) is 70.1. The molecule has 0 aromatic heterocycles. The molecule has 5 atom stereocenters. The first-order valence-corrected chi connectivity index (χ1v) is 43.1. The van der Waals surface area contributed by atoms with Crippen LogP contribution in [0, 0.1) is 5.92 Å². The van der Waals surface area contributed by atoms with Crippen LogP contribution in [0.1, 0.15) is 407 Å². The highest BCUT2D eigenvalue weighted by Crippen LogP contribution is 2.45. The third-order valence-corrected chi connectivity index (χ3v) is 19.9. The van der Waals surface area contributed by atoms with Gasteiger partial charge in [0.25, 0.3) is 0 Å². The van der Waals surface area contributed by atoms with Crippen LogP contribution in [0.15, 0.2) is 0 Å². The van der Waals surface area contributed by atoms with Gasteiger partial charge in [-0.15, -0.1) is 0 Å². The van der Waals surface area contributed by atoms with E-state index in [1.807, 2.05) is 0 Å². The van der Waals surface area contributed by atoms with Gasteiger partial charge in [0.1, 0.15) is 19.3 Å². The molecule has 0 aliphatic carbocycles. The Morgan fingerprint density at radius 2 is 0.479 bits per heavy atom. The van der Waals surface area contributed by atoms with E-state index in [0.717, 1.165) is 95.8 Å². The SMILES string of the molecule is CCCCCCCCCCCCCCCCCCCCCCCCC(=O)O[C@H](COC(=O)CCCCCCCCCCCC(C)C)COP(=O)(O)OC[C@@H](O)COP(=O)(O)OC[C@@H](COC(=O)CCCCCCCCCCCC)OC(=O)CCCCCCCCCCCCCC. The molecule has 0 spiro atoms. The number of ether oxygens (including phenoxy) is 4. The first-order valence-electron chi connectivity index (χ1n) is 40.1. The highest BCUT2D eigenvalue weighted by molar-refractivity contribution is 7.47. The fourth-order valence-corrected chi connectivity index (χ4v) is 13.5. The lowest BCUT2D eigenvalue weighted by Gasteiger charge is -2.21. The zero-order valence-electron chi connectivity index (χ0n) is 62.5. The molecular weight excluding hydrogens is 1260 g/mol. The highest BCUT2D eigenvalue weighted by Gasteiger charge is 2.30. The predicted octanol–water partition coefficient (Wildman–Crippen LogP) is 22.9. The Hall–Kier alpha value is -1.94. The summed E-state index contributed by atoms with van der Waals surface area (Å²) < 4.78 is 68.5. The normalized spacial score (nSPS) is 13.9. The van der Waals surface area contributed by atoms with Crippen LogP contribution in [0.25, 0.3) is 0 Å². The smallest absolute Gasteiger partial charge is 0.462 e. The van der Waals surface area contributed by atoms with Gasteiger partial charge in [-0.05, 0) is 31.6 Å². The molecule has 0 rings (SSSR count).